The van der Waals surface area contributed by atoms with Crippen LogP contribution in [0.4, 0.5) is 4.79 Å². The van der Waals surface area contributed by atoms with E-state index < -0.39 is 12.1 Å². The summed E-state index contributed by atoms with van der Waals surface area (Å²) in [5, 5.41) is 5.96. The minimum atomic E-state index is -0.694. The van der Waals surface area contributed by atoms with Gasteiger partial charge in [-0.05, 0) is 42.2 Å². The third-order valence-corrected chi connectivity index (χ3v) is 4.91. The van der Waals surface area contributed by atoms with Crippen molar-refractivity contribution in [3.8, 4) is 0 Å². The van der Waals surface area contributed by atoms with Gasteiger partial charge in [0.15, 0.2) is 0 Å². The van der Waals surface area contributed by atoms with E-state index >= 15 is 0 Å². The maximum Gasteiger partial charge on any atom is 0.325 e. The molecule has 0 radical (unpaired) electrons. The predicted molar refractivity (Wildman–Crippen MR) is 105 cm³/mol. The van der Waals surface area contributed by atoms with Gasteiger partial charge in [-0.1, -0.05) is 29.8 Å². The number of nitrogens with one attached hydrogen (secondary N) is 2. The van der Waals surface area contributed by atoms with E-state index in [0.717, 1.165) is 10.5 Å². The normalized spacial score (nSPS) is 16.2. The summed E-state index contributed by atoms with van der Waals surface area (Å²) in [6.45, 7) is 0.616. The number of nitrogens with zero attached hydrogens (tertiary/aromatic N) is 2. The first-order chi connectivity index (χ1) is 13.5. The van der Waals surface area contributed by atoms with E-state index in [1.165, 1.54) is 0 Å². The molecule has 0 aliphatic carbocycles. The summed E-state index contributed by atoms with van der Waals surface area (Å²) in [5.74, 6) is -0.491. The Kier molecular flexibility index (Phi) is 6.60. The van der Waals surface area contributed by atoms with Gasteiger partial charge in [-0.25, -0.2) is 4.79 Å². The molecule has 3 rings (SSSR count). The second-order valence-corrected chi connectivity index (χ2v) is 6.92. The van der Waals surface area contributed by atoms with Crippen molar-refractivity contribution in [2.45, 2.75) is 31.8 Å². The number of amides is 4. The third kappa shape index (κ3) is 5.07. The van der Waals surface area contributed by atoms with Gasteiger partial charge in [-0.3, -0.25) is 19.5 Å². The van der Waals surface area contributed by atoms with Crippen LogP contribution in [0.1, 0.15) is 24.0 Å². The van der Waals surface area contributed by atoms with Crippen molar-refractivity contribution in [2.75, 3.05) is 6.54 Å². The number of pyridine rings is 1. The minimum absolute atomic E-state index is 0.110. The van der Waals surface area contributed by atoms with Crippen molar-refractivity contribution in [3.63, 3.8) is 0 Å². The molecule has 1 saturated heterocycles. The molecule has 2 aromatic rings. The number of aromatic nitrogens is 1. The monoisotopic (exact) mass is 400 g/mol. The van der Waals surface area contributed by atoms with Crippen molar-refractivity contribution < 1.29 is 14.4 Å². The fourth-order valence-electron chi connectivity index (χ4n) is 2.98. The lowest BCUT2D eigenvalue weighted by molar-refractivity contribution is -0.128. The number of hydrogen-bond acceptors (Lipinski definition) is 4. The molecule has 0 spiro atoms. The Hall–Kier alpha value is -2.93. The molecular weight excluding hydrogens is 380 g/mol. The van der Waals surface area contributed by atoms with Gasteiger partial charge in [0.1, 0.15) is 6.04 Å². The van der Waals surface area contributed by atoms with Crippen LogP contribution in [0.15, 0.2) is 48.8 Å². The van der Waals surface area contributed by atoms with Crippen LogP contribution in [-0.2, 0) is 22.6 Å². The van der Waals surface area contributed by atoms with Crippen LogP contribution >= 0.6 is 11.6 Å². The number of rotatable bonds is 8. The lowest BCUT2D eigenvalue weighted by atomic mass is 10.1. The highest BCUT2D eigenvalue weighted by Gasteiger charge is 2.38. The molecule has 2 N–H and O–H groups in total. The molecular formula is C20H21ClN4O3. The van der Waals surface area contributed by atoms with E-state index in [1.807, 2.05) is 12.1 Å². The Balaban J connectivity index is 1.44. The standard InChI is InChI=1S/C20H21ClN4O3/c21-16-4-2-1-3-15(16)13-25-19(27)17(24-20(25)28)5-6-18(26)23-12-9-14-7-10-22-11-8-14/h1-4,7-8,10-11,17H,5-6,9,12-13H2,(H,23,26)(H,24,28)/t17-/m0/s1. The van der Waals surface area contributed by atoms with E-state index in [4.69, 9.17) is 11.6 Å². The van der Waals surface area contributed by atoms with Crippen LogP contribution in [0.25, 0.3) is 0 Å². The molecule has 0 bridgehead atoms. The molecule has 8 heteroatoms. The molecule has 1 aromatic carbocycles. The average molecular weight is 401 g/mol. The van der Waals surface area contributed by atoms with Crippen LogP contribution in [0.3, 0.4) is 0 Å². The van der Waals surface area contributed by atoms with Gasteiger partial charge >= 0.3 is 6.03 Å². The number of imide groups is 1. The van der Waals surface area contributed by atoms with Crippen LogP contribution in [-0.4, -0.2) is 40.3 Å². The number of benzene rings is 1. The van der Waals surface area contributed by atoms with Crippen molar-refractivity contribution >= 4 is 29.4 Å². The molecule has 2 heterocycles. The molecule has 0 saturated carbocycles. The zero-order valence-corrected chi connectivity index (χ0v) is 16.0. The second-order valence-electron chi connectivity index (χ2n) is 6.51. The smallest absolute Gasteiger partial charge is 0.325 e. The highest BCUT2D eigenvalue weighted by Crippen LogP contribution is 2.20. The SMILES string of the molecule is O=C(CC[C@@H]1NC(=O)N(Cc2ccccc2Cl)C1=O)NCCc1ccncc1. The van der Waals surface area contributed by atoms with Crippen LogP contribution < -0.4 is 10.6 Å². The van der Waals surface area contributed by atoms with Gasteiger partial charge in [-0.15, -0.1) is 0 Å². The maximum atomic E-state index is 12.5. The van der Waals surface area contributed by atoms with Crippen molar-refractivity contribution in [3.05, 3.63) is 64.9 Å². The summed E-state index contributed by atoms with van der Waals surface area (Å²) in [4.78, 5) is 41.7. The van der Waals surface area contributed by atoms with Crippen molar-refractivity contribution in [1.82, 2.24) is 20.5 Å². The second kappa shape index (κ2) is 9.32. The molecule has 1 aliphatic rings. The molecule has 7 nitrogen and oxygen atoms in total. The molecule has 28 heavy (non-hydrogen) atoms. The molecule has 0 unspecified atom stereocenters. The highest BCUT2D eigenvalue weighted by atomic mass is 35.5. The Morgan fingerprint density at radius 2 is 1.93 bits per heavy atom. The highest BCUT2D eigenvalue weighted by molar-refractivity contribution is 6.31. The van der Waals surface area contributed by atoms with E-state index in [-0.39, 0.29) is 31.2 Å². The molecule has 4 amide bonds. The summed E-state index contributed by atoms with van der Waals surface area (Å²) in [6, 6.07) is 9.70. The summed E-state index contributed by atoms with van der Waals surface area (Å²) in [7, 11) is 0. The maximum absolute atomic E-state index is 12.5. The number of urea groups is 1. The summed E-state index contributed by atoms with van der Waals surface area (Å²) >= 11 is 6.10. The first-order valence-electron chi connectivity index (χ1n) is 9.05. The number of carbonyl (C=O) groups is 3. The topological polar surface area (TPSA) is 91.4 Å². The molecule has 1 atom stereocenters. The van der Waals surface area contributed by atoms with Crippen LogP contribution in [0.2, 0.25) is 5.02 Å². The first-order valence-corrected chi connectivity index (χ1v) is 9.43. The molecule has 1 fully saturated rings. The lowest BCUT2D eigenvalue weighted by Gasteiger charge is -2.14. The summed E-state index contributed by atoms with van der Waals surface area (Å²) < 4.78 is 0. The summed E-state index contributed by atoms with van der Waals surface area (Å²) in [6.07, 6.45) is 4.54. The van der Waals surface area contributed by atoms with Crippen LogP contribution in [0.5, 0.6) is 0 Å². The Morgan fingerprint density at radius 1 is 1.18 bits per heavy atom. The van der Waals surface area contributed by atoms with Crippen molar-refractivity contribution in [2.24, 2.45) is 0 Å². The van der Waals surface area contributed by atoms with Gasteiger partial charge < -0.3 is 10.6 Å². The minimum Gasteiger partial charge on any atom is -0.356 e. The van der Waals surface area contributed by atoms with Gasteiger partial charge in [0.2, 0.25) is 5.91 Å². The van der Waals surface area contributed by atoms with Crippen LogP contribution in [0, 0.1) is 0 Å². The van der Waals surface area contributed by atoms with Gasteiger partial charge in [-0.2, -0.15) is 0 Å². The summed E-state index contributed by atoms with van der Waals surface area (Å²) in [5.41, 5.74) is 1.78. The molecule has 1 aromatic heterocycles. The zero-order chi connectivity index (χ0) is 19.9. The Morgan fingerprint density at radius 3 is 2.68 bits per heavy atom. The fourth-order valence-corrected chi connectivity index (χ4v) is 3.17. The average Bonchev–Trinajstić information content (AvgIpc) is 2.96. The quantitative estimate of drug-likeness (QED) is 0.665. The van der Waals surface area contributed by atoms with Gasteiger partial charge in [0.05, 0.1) is 6.54 Å². The van der Waals surface area contributed by atoms with E-state index in [9.17, 15) is 14.4 Å². The van der Waals surface area contributed by atoms with E-state index in [0.29, 0.717) is 23.6 Å². The number of halogens is 1. The van der Waals surface area contributed by atoms with Crippen molar-refractivity contribution in [1.29, 1.82) is 0 Å². The predicted octanol–water partition coefficient (Wildman–Crippen LogP) is 2.29. The Labute approximate surface area is 168 Å². The number of hydrogen-bond donors (Lipinski definition) is 2. The third-order valence-electron chi connectivity index (χ3n) is 4.54. The first kappa shape index (κ1) is 19.8. The van der Waals surface area contributed by atoms with E-state index in [1.54, 1.807) is 36.7 Å². The van der Waals surface area contributed by atoms with Gasteiger partial charge in [0, 0.05) is 30.4 Å². The molecule has 146 valence electrons. The number of carbonyl (C=O) groups excluding carboxylic acids is 3. The van der Waals surface area contributed by atoms with E-state index in [2.05, 4.69) is 15.6 Å². The fraction of sp³-hybridized carbons (Fsp3) is 0.300. The van der Waals surface area contributed by atoms with Gasteiger partial charge in [0.25, 0.3) is 5.91 Å². The Bertz CT molecular complexity index is 860. The lowest BCUT2D eigenvalue weighted by Crippen LogP contribution is -2.33. The largest absolute Gasteiger partial charge is 0.356 e. The zero-order valence-electron chi connectivity index (χ0n) is 15.2. The molecule has 1 aliphatic heterocycles.